The van der Waals surface area contributed by atoms with Gasteiger partial charge in [0.25, 0.3) is 5.91 Å². The molecular formula is C16H17ClN2O2. The van der Waals surface area contributed by atoms with Crippen molar-refractivity contribution in [2.75, 3.05) is 11.1 Å². The smallest absolute Gasteiger partial charge is 0.265 e. The summed E-state index contributed by atoms with van der Waals surface area (Å²) in [6.07, 6.45) is -0.665. The summed E-state index contributed by atoms with van der Waals surface area (Å²) in [5.41, 5.74) is 7.79. The van der Waals surface area contributed by atoms with E-state index in [-0.39, 0.29) is 5.91 Å². The molecule has 1 amide bonds. The third-order valence-corrected chi connectivity index (χ3v) is 3.28. The largest absolute Gasteiger partial charge is 0.481 e. The molecule has 0 heterocycles. The van der Waals surface area contributed by atoms with E-state index in [1.165, 1.54) is 0 Å². The van der Waals surface area contributed by atoms with Gasteiger partial charge in [0.05, 0.1) is 11.4 Å². The minimum Gasteiger partial charge on any atom is -0.481 e. The summed E-state index contributed by atoms with van der Waals surface area (Å²) in [5.74, 6) is 0.318. The first kappa shape index (κ1) is 15.2. The fraction of sp³-hybridized carbons (Fsp3) is 0.188. The topological polar surface area (TPSA) is 64.3 Å². The molecule has 0 saturated carbocycles. The van der Waals surface area contributed by atoms with Gasteiger partial charge in [0.2, 0.25) is 0 Å². The van der Waals surface area contributed by atoms with Crippen molar-refractivity contribution in [1.82, 2.24) is 0 Å². The molecular weight excluding hydrogens is 288 g/mol. The molecule has 0 aliphatic carbocycles. The van der Waals surface area contributed by atoms with Crippen molar-refractivity contribution >= 4 is 28.9 Å². The van der Waals surface area contributed by atoms with Crippen LogP contribution in [-0.2, 0) is 4.79 Å². The average molecular weight is 305 g/mol. The molecule has 1 atom stereocenters. The summed E-state index contributed by atoms with van der Waals surface area (Å²) >= 11 is 5.93. The Balaban J connectivity index is 2.06. The quantitative estimate of drug-likeness (QED) is 0.848. The Morgan fingerprint density at radius 1 is 1.29 bits per heavy atom. The van der Waals surface area contributed by atoms with Crippen LogP contribution in [0.5, 0.6) is 5.75 Å². The number of halogens is 1. The summed E-state index contributed by atoms with van der Waals surface area (Å²) in [6, 6.07) is 12.4. The van der Waals surface area contributed by atoms with Gasteiger partial charge in [-0.1, -0.05) is 29.8 Å². The van der Waals surface area contributed by atoms with E-state index in [0.717, 1.165) is 5.56 Å². The Labute approximate surface area is 128 Å². The van der Waals surface area contributed by atoms with Crippen LogP contribution in [0, 0.1) is 6.92 Å². The SMILES string of the molecule is Cc1ccc(Cl)cc1OC(C)C(=O)Nc1ccccc1N. The van der Waals surface area contributed by atoms with Crippen molar-refractivity contribution in [3.8, 4) is 5.75 Å². The summed E-state index contributed by atoms with van der Waals surface area (Å²) in [7, 11) is 0. The molecule has 0 aromatic heterocycles. The van der Waals surface area contributed by atoms with Gasteiger partial charge >= 0.3 is 0 Å². The highest BCUT2D eigenvalue weighted by Gasteiger charge is 2.16. The lowest BCUT2D eigenvalue weighted by atomic mass is 10.2. The maximum absolute atomic E-state index is 12.1. The third-order valence-electron chi connectivity index (χ3n) is 3.04. The maximum Gasteiger partial charge on any atom is 0.265 e. The van der Waals surface area contributed by atoms with E-state index in [2.05, 4.69) is 5.32 Å². The standard InChI is InChI=1S/C16H17ClN2O2/c1-10-7-8-12(17)9-15(10)21-11(2)16(20)19-14-6-4-3-5-13(14)18/h3-9,11H,18H2,1-2H3,(H,19,20). The molecule has 0 saturated heterocycles. The number of benzene rings is 2. The van der Waals surface area contributed by atoms with Gasteiger partial charge in [0.15, 0.2) is 6.10 Å². The van der Waals surface area contributed by atoms with Gasteiger partial charge in [-0.3, -0.25) is 4.79 Å². The fourth-order valence-electron chi connectivity index (χ4n) is 1.79. The Morgan fingerprint density at radius 2 is 2.00 bits per heavy atom. The molecule has 0 aliphatic rings. The van der Waals surface area contributed by atoms with Gasteiger partial charge < -0.3 is 15.8 Å². The van der Waals surface area contributed by atoms with Crippen LogP contribution < -0.4 is 15.8 Å². The number of nitrogen functional groups attached to an aromatic ring is 1. The third kappa shape index (κ3) is 3.89. The molecule has 4 nitrogen and oxygen atoms in total. The van der Waals surface area contributed by atoms with Gasteiger partial charge in [-0.15, -0.1) is 0 Å². The van der Waals surface area contributed by atoms with Gasteiger partial charge in [-0.05, 0) is 43.7 Å². The molecule has 1 unspecified atom stereocenters. The Hall–Kier alpha value is -2.20. The molecule has 2 aromatic carbocycles. The van der Waals surface area contributed by atoms with Crippen LogP contribution in [0.2, 0.25) is 5.02 Å². The molecule has 0 spiro atoms. The molecule has 5 heteroatoms. The number of carbonyl (C=O) groups is 1. The van der Waals surface area contributed by atoms with Gasteiger partial charge in [0.1, 0.15) is 5.75 Å². The number of rotatable bonds is 4. The van der Waals surface area contributed by atoms with Crippen LogP contribution in [0.4, 0.5) is 11.4 Å². The maximum atomic E-state index is 12.1. The van der Waals surface area contributed by atoms with Crippen molar-refractivity contribution in [3.05, 3.63) is 53.1 Å². The van der Waals surface area contributed by atoms with E-state index in [1.54, 1.807) is 43.3 Å². The number of nitrogens with two attached hydrogens (primary N) is 1. The Kier molecular flexibility index (Phi) is 4.70. The predicted octanol–water partition coefficient (Wildman–Crippen LogP) is 3.64. The lowest BCUT2D eigenvalue weighted by Crippen LogP contribution is -2.30. The van der Waals surface area contributed by atoms with Crippen LogP contribution in [0.3, 0.4) is 0 Å². The number of anilines is 2. The first-order valence-corrected chi connectivity index (χ1v) is 6.93. The number of para-hydroxylation sites is 2. The molecule has 2 rings (SSSR count). The second-order valence-electron chi connectivity index (χ2n) is 4.75. The monoisotopic (exact) mass is 304 g/mol. The van der Waals surface area contributed by atoms with Crippen molar-refractivity contribution in [2.24, 2.45) is 0 Å². The lowest BCUT2D eigenvalue weighted by Gasteiger charge is -2.17. The first-order chi connectivity index (χ1) is 9.97. The zero-order valence-corrected chi connectivity index (χ0v) is 12.6. The molecule has 0 aliphatic heterocycles. The van der Waals surface area contributed by atoms with Crippen LogP contribution >= 0.6 is 11.6 Å². The van der Waals surface area contributed by atoms with E-state index in [1.807, 2.05) is 13.0 Å². The number of nitrogens with one attached hydrogen (secondary N) is 1. The summed E-state index contributed by atoms with van der Waals surface area (Å²) in [4.78, 5) is 12.1. The Morgan fingerprint density at radius 3 is 2.71 bits per heavy atom. The minimum atomic E-state index is -0.665. The van der Waals surface area contributed by atoms with E-state index >= 15 is 0 Å². The number of hydrogen-bond acceptors (Lipinski definition) is 3. The van der Waals surface area contributed by atoms with Crippen molar-refractivity contribution in [2.45, 2.75) is 20.0 Å². The van der Waals surface area contributed by atoms with Crippen molar-refractivity contribution < 1.29 is 9.53 Å². The molecule has 2 aromatic rings. The first-order valence-electron chi connectivity index (χ1n) is 6.55. The van der Waals surface area contributed by atoms with E-state index in [9.17, 15) is 4.79 Å². The van der Waals surface area contributed by atoms with Gasteiger partial charge in [-0.2, -0.15) is 0 Å². The van der Waals surface area contributed by atoms with Crippen LogP contribution in [0.25, 0.3) is 0 Å². The minimum absolute atomic E-state index is 0.271. The number of hydrogen-bond donors (Lipinski definition) is 2. The number of aryl methyl sites for hydroxylation is 1. The fourth-order valence-corrected chi connectivity index (χ4v) is 1.95. The highest BCUT2D eigenvalue weighted by atomic mass is 35.5. The molecule has 21 heavy (non-hydrogen) atoms. The van der Waals surface area contributed by atoms with Crippen molar-refractivity contribution in [3.63, 3.8) is 0 Å². The summed E-state index contributed by atoms with van der Waals surface area (Å²) < 4.78 is 5.66. The van der Waals surface area contributed by atoms with E-state index in [4.69, 9.17) is 22.1 Å². The van der Waals surface area contributed by atoms with Crippen LogP contribution in [-0.4, -0.2) is 12.0 Å². The van der Waals surface area contributed by atoms with E-state index in [0.29, 0.717) is 22.1 Å². The van der Waals surface area contributed by atoms with Gasteiger partial charge in [-0.25, -0.2) is 0 Å². The second kappa shape index (κ2) is 6.50. The van der Waals surface area contributed by atoms with Crippen molar-refractivity contribution in [1.29, 1.82) is 0 Å². The molecule has 3 N–H and O–H groups in total. The molecule has 110 valence electrons. The van der Waals surface area contributed by atoms with Crippen LogP contribution in [0.15, 0.2) is 42.5 Å². The Bertz CT molecular complexity index is 658. The van der Waals surface area contributed by atoms with E-state index < -0.39 is 6.10 Å². The summed E-state index contributed by atoms with van der Waals surface area (Å²) in [5, 5.41) is 3.31. The van der Waals surface area contributed by atoms with Gasteiger partial charge in [0, 0.05) is 5.02 Å². The zero-order chi connectivity index (χ0) is 15.4. The second-order valence-corrected chi connectivity index (χ2v) is 5.18. The highest BCUT2D eigenvalue weighted by molar-refractivity contribution is 6.30. The number of carbonyl (C=O) groups excluding carboxylic acids is 1. The molecule has 0 fully saturated rings. The van der Waals surface area contributed by atoms with Crippen LogP contribution in [0.1, 0.15) is 12.5 Å². The summed E-state index contributed by atoms with van der Waals surface area (Å²) in [6.45, 7) is 3.57. The number of amides is 1. The lowest BCUT2D eigenvalue weighted by molar-refractivity contribution is -0.122. The predicted molar refractivity (Wildman–Crippen MR) is 85.8 cm³/mol. The molecule has 0 bridgehead atoms. The normalized spacial score (nSPS) is 11.8. The highest BCUT2D eigenvalue weighted by Crippen LogP contribution is 2.24. The average Bonchev–Trinajstić information content (AvgIpc) is 2.45. The molecule has 0 radical (unpaired) electrons. The number of ether oxygens (including phenoxy) is 1. The zero-order valence-electron chi connectivity index (χ0n) is 11.9.